The Hall–Kier alpha value is -1.44. The van der Waals surface area contributed by atoms with Crippen LogP contribution in [0.4, 0.5) is 0 Å². The molecule has 1 N–H and O–H groups in total. The molecule has 0 atom stereocenters. The molecule has 0 spiro atoms. The Labute approximate surface area is 144 Å². The number of thiazole rings is 1. The van der Waals surface area contributed by atoms with E-state index in [2.05, 4.69) is 25.8 Å². The maximum atomic E-state index is 12.0. The Morgan fingerprint density at radius 2 is 1.87 bits per heavy atom. The second kappa shape index (κ2) is 6.59. The Morgan fingerprint density at radius 1 is 1.26 bits per heavy atom. The van der Waals surface area contributed by atoms with E-state index in [9.17, 15) is 13.2 Å². The predicted octanol–water partition coefficient (Wildman–Crippen LogP) is 3.14. The van der Waals surface area contributed by atoms with Gasteiger partial charge in [0, 0.05) is 5.38 Å². The molecule has 5 nitrogen and oxygen atoms in total. The molecule has 0 fully saturated rings. The van der Waals surface area contributed by atoms with Crippen molar-refractivity contribution < 1.29 is 13.2 Å². The van der Waals surface area contributed by atoms with Gasteiger partial charge in [0.2, 0.25) is 10.2 Å². The first-order valence-corrected chi connectivity index (χ1v) is 9.58. The molecule has 2 aromatic rings. The molecular formula is C15H17ClN2O3S2. The number of hydrogen-bond acceptors (Lipinski definition) is 5. The summed E-state index contributed by atoms with van der Waals surface area (Å²) in [5.41, 5.74) is 1.91. The summed E-state index contributed by atoms with van der Waals surface area (Å²) >= 11 is 6.47. The van der Waals surface area contributed by atoms with Crippen LogP contribution in [0, 0.1) is 0 Å². The van der Waals surface area contributed by atoms with Crippen LogP contribution in [0.5, 0.6) is 0 Å². The van der Waals surface area contributed by atoms with Gasteiger partial charge in [0.25, 0.3) is 10.0 Å². The van der Waals surface area contributed by atoms with Crippen LogP contribution in [-0.4, -0.2) is 19.3 Å². The largest absolute Gasteiger partial charge is 0.291 e. The fourth-order valence-electron chi connectivity index (χ4n) is 1.90. The monoisotopic (exact) mass is 372 g/mol. The van der Waals surface area contributed by atoms with E-state index < -0.39 is 15.9 Å². The number of nitrogens with zero attached hydrogens (tertiary/aromatic N) is 1. The number of aromatic nitrogens is 1. The molecule has 1 aromatic heterocycles. The maximum absolute atomic E-state index is 12.0. The first kappa shape index (κ1) is 17.9. The van der Waals surface area contributed by atoms with Crippen molar-refractivity contribution in [2.75, 3.05) is 0 Å². The number of benzene rings is 1. The third-order valence-electron chi connectivity index (χ3n) is 3.12. The molecule has 0 saturated carbocycles. The Morgan fingerprint density at radius 3 is 2.35 bits per heavy atom. The van der Waals surface area contributed by atoms with Gasteiger partial charge in [-0.05, 0) is 16.5 Å². The molecule has 23 heavy (non-hydrogen) atoms. The molecule has 1 aromatic carbocycles. The summed E-state index contributed by atoms with van der Waals surface area (Å²) in [5, 5.41) is 1.48. The van der Waals surface area contributed by atoms with Gasteiger partial charge in [-0.2, -0.15) is 8.42 Å². The smallest absolute Gasteiger partial charge is 0.274 e. The van der Waals surface area contributed by atoms with Crippen LogP contribution in [0.1, 0.15) is 31.9 Å². The lowest BCUT2D eigenvalue weighted by Gasteiger charge is -2.19. The highest BCUT2D eigenvalue weighted by Crippen LogP contribution is 2.22. The molecule has 1 amide bonds. The lowest BCUT2D eigenvalue weighted by molar-refractivity contribution is -0.118. The van der Waals surface area contributed by atoms with Gasteiger partial charge in [-0.25, -0.2) is 9.71 Å². The van der Waals surface area contributed by atoms with Crippen molar-refractivity contribution in [2.24, 2.45) is 0 Å². The number of halogens is 1. The first-order valence-electron chi connectivity index (χ1n) is 6.84. The van der Waals surface area contributed by atoms with Crippen molar-refractivity contribution in [3.63, 3.8) is 0 Å². The van der Waals surface area contributed by atoms with E-state index in [1.165, 1.54) is 5.38 Å². The van der Waals surface area contributed by atoms with Crippen LogP contribution in [0.15, 0.2) is 34.0 Å². The lowest BCUT2D eigenvalue weighted by Crippen LogP contribution is -2.31. The number of carbonyl (C=O) groups excluding carboxylic acids is 1. The van der Waals surface area contributed by atoms with Crippen LogP contribution in [0.2, 0.25) is 5.15 Å². The zero-order valence-corrected chi connectivity index (χ0v) is 15.3. The zero-order chi connectivity index (χ0) is 17.3. The third-order valence-corrected chi connectivity index (χ3v) is 6.07. The van der Waals surface area contributed by atoms with Crippen molar-refractivity contribution in [3.05, 3.63) is 45.9 Å². The summed E-state index contributed by atoms with van der Waals surface area (Å²) in [6.45, 7) is 6.29. The topological polar surface area (TPSA) is 76.1 Å². The minimum Gasteiger partial charge on any atom is -0.274 e. The third kappa shape index (κ3) is 4.76. The highest BCUT2D eigenvalue weighted by molar-refractivity contribution is 7.92. The van der Waals surface area contributed by atoms with Gasteiger partial charge in [0.05, 0.1) is 6.42 Å². The number of amides is 1. The van der Waals surface area contributed by atoms with Crippen LogP contribution < -0.4 is 4.72 Å². The minimum atomic E-state index is -3.97. The zero-order valence-electron chi connectivity index (χ0n) is 13.0. The molecule has 0 unspecified atom stereocenters. The summed E-state index contributed by atoms with van der Waals surface area (Å²) in [6, 6.07) is 7.54. The number of carbonyl (C=O) groups is 1. The molecule has 0 aliphatic heterocycles. The molecule has 0 saturated heterocycles. The average molecular weight is 373 g/mol. The molecule has 124 valence electrons. The second-order valence-electron chi connectivity index (χ2n) is 6.09. The van der Waals surface area contributed by atoms with Gasteiger partial charge in [-0.1, -0.05) is 56.6 Å². The molecule has 0 bridgehead atoms. The standard InChI is InChI=1S/C15H17ClN2O3S2/c1-15(2,3)11-6-4-10(5-7-11)8-13(19)18-23(20,21)14-17-12(16)9-22-14/h4-7,9H,8H2,1-3H3,(H,18,19). The molecule has 0 radical (unpaired) electrons. The van der Waals surface area contributed by atoms with Crippen molar-refractivity contribution >= 4 is 38.9 Å². The van der Waals surface area contributed by atoms with E-state index in [0.29, 0.717) is 0 Å². The summed E-state index contributed by atoms with van der Waals surface area (Å²) < 4.78 is 25.8. The van der Waals surface area contributed by atoms with Gasteiger partial charge < -0.3 is 0 Å². The average Bonchev–Trinajstić information content (AvgIpc) is 2.85. The van der Waals surface area contributed by atoms with Gasteiger partial charge in [-0.15, -0.1) is 11.3 Å². The number of hydrogen-bond donors (Lipinski definition) is 1. The van der Waals surface area contributed by atoms with E-state index in [1.807, 2.05) is 29.0 Å². The van der Waals surface area contributed by atoms with E-state index in [-0.39, 0.29) is 21.3 Å². The normalized spacial score (nSPS) is 12.2. The SMILES string of the molecule is CC(C)(C)c1ccc(CC(=O)NS(=O)(=O)c2nc(Cl)cs2)cc1. The highest BCUT2D eigenvalue weighted by atomic mass is 35.5. The van der Waals surface area contributed by atoms with Gasteiger partial charge in [-0.3, -0.25) is 4.79 Å². The van der Waals surface area contributed by atoms with Gasteiger partial charge in [0.15, 0.2) is 0 Å². The van der Waals surface area contributed by atoms with Crippen molar-refractivity contribution in [3.8, 4) is 0 Å². The molecular weight excluding hydrogens is 356 g/mol. The number of nitrogens with one attached hydrogen (secondary N) is 1. The van der Waals surface area contributed by atoms with E-state index in [0.717, 1.165) is 22.5 Å². The molecule has 8 heteroatoms. The summed E-state index contributed by atoms with van der Waals surface area (Å²) in [5.74, 6) is -0.611. The van der Waals surface area contributed by atoms with E-state index in [1.54, 1.807) is 0 Å². The molecule has 0 aliphatic rings. The maximum Gasteiger partial charge on any atom is 0.291 e. The Balaban J connectivity index is 2.05. The van der Waals surface area contributed by atoms with E-state index >= 15 is 0 Å². The summed E-state index contributed by atoms with van der Waals surface area (Å²) in [6.07, 6.45) is -0.0250. The quantitative estimate of drug-likeness (QED) is 0.894. The van der Waals surface area contributed by atoms with Crippen LogP contribution in [-0.2, 0) is 26.7 Å². The summed E-state index contributed by atoms with van der Waals surface area (Å²) in [7, 11) is -3.97. The highest BCUT2D eigenvalue weighted by Gasteiger charge is 2.21. The summed E-state index contributed by atoms with van der Waals surface area (Å²) in [4.78, 5) is 15.6. The van der Waals surface area contributed by atoms with Gasteiger partial charge >= 0.3 is 0 Å². The Bertz CT molecular complexity index is 806. The predicted molar refractivity (Wildman–Crippen MR) is 91.3 cm³/mol. The molecule has 2 rings (SSSR count). The lowest BCUT2D eigenvalue weighted by atomic mass is 9.86. The molecule has 1 heterocycles. The Kier molecular flexibility index (Phi) is 5.13. The molecule has 0 aliphatic carbocycles. The van der Waals surface area contributed by atoms with Crippen LogP contribution >= 0.6 is 22.9 Å². The number of sulfonamides is 1. The van der Waals surface area contributed by atoms with Crippen LogP contribution in [0.25, 0.3) is 0 Å². The van der Waals surface area contributed by atoms with Crippen LogP contribution in [0.3, 0.4) is 0 Å². The van der Waals surface area contributed by atoms with Crippen molar-refractivity contribution in [1.29, 1.82) is 0 Å². The van der Waals surface area contributed by atoms with Crippen molar-refractivity contribution in [2.45, 2.75) is 36.9 Å². The first-order chi connectivity index (χ1) is 10.6. The van der Waals surface area contributed by atoms with E-state index in [4.69, 9.17) is 11.6 Å². The van der Waals surface area contributed by atoms with Gasteiger partial charge in [0.1, 0.15) is 5.15 Å². The second-order valence-corrected chi connectivity index (χ2v) is 9.19. The minimum absolute atomic E-state index is 0.0221. The number of rotatable bonds is 4. The van der Waals surface area contributed by atoms with Crippen molar-refractivity contribution in [1.82, 2.24) is 9.71 Å². The fourth-order valence-corrected chi connectivity index (χ4v) is 4.07. The fraction of sp³-hybridized carbons (Fsp3) is 0.333.